The van der Waals surface area contributed by atoms with Crippen molar-refractivity contribution >= 4 is 23.8 Å². The third-order valence-electron chi connectivity index (χ3n) is 7.70. The lowest BCUT2D eigenvalue weighted by atomic mass is 10.00. The molecule has 4 rings (SSSR count). The van der Waals surface area contributed by atoms with E-state index in [1.165, 1.54) is 18.9 Å². The molecule has 2 N–H and O–H groups in total. The second kappa shape index (κ2) is 13.2. The van der Waals surface area contributed by atoms with Crippen LogP contribution in [0.5, 0.6) is 5.75 Å². The Morgan fingerprint density at radius 2 is 1.86 bits per heavy atom. The molecule has 4 amide bonds. The first-order valence-electron chi connectivity index (χ1n) is 17.3. The topological polar surface area (TPSA) is 121 Å². The SMILES string of the molecule is [2H]c1c([2H])c([2H])c2c(c1[2H])OCC([2H])([2H])[C@H]2NC(=O)[C@@H]1CC[C@@H]2CCN(CC(F)(F)F)C[C@H](NC(=O)[C@H](C)N(C)C(=O)OC(C)(C)C)C(=O)N21. The van der Waals surface area contributed by atoms with Crippen molar-refractivity contribution in [2.45, 2.75) is 95.3 Å². The Balaban J connectivity index is 1.63. The minimum Gasteiger partial charge on any atom is -0.493 e. The molecule has 3 aliphatic heterocycles. The van der Waals surface area contributed by atoms with Crippen molar-refractivity contribution in [3.8, 4) is 5.75 Å². The predicted octanol–water partition coefficient (Wildman–Crippen LogP) is 2.99. The smallest absolute Gasteiger partial charge is 0.410 e. The summed E-state index contributed by atoms with van der Waals surface area (Å²) in [5.74, 6) is -2.88. The maximum Gasteiger partial charge on any atom is 0.410 e. The van der Waals surface area contributed by atoms with E-state index >= 15 is 0 Å². The van der Waals surface area contributed by atoms with Gasteiger partial charge in [-0.25, -0.2) is 4.79 Å². The van der Waals surface area contributed by atoms with Crippen LogP contribution in [0.4, 0.5) is 18.0 Å². The monoisotopic (exact) mass is 631 g/mol. The van der Waals surface area contributed by atoms with E-state index in [1.807, 2.05) is 0 Å². The number of para-hydroxylation sites is 1. The van der Waals surface area contributed by atoms with Crippen molar-refractivity contribution in [3.63, 3.8) is 0 Å². The van der Waals surface area contributed by atoms with Gasteiger partial charge in [0.1, 0.15) is 29.5 Å². The van der Waals surface area contributed by atoms with Gasteiger partial charge in [0.25, 0.3) is 0 Å². The van der Waals surface area contributed by atoms with Gasteiger partial charge >= 0.3 is 12.3 Å². The number of nitrogens with zero attached hydrogens (tertiary/aromatic N) is 3. The highest BCUT2D eigenvalue weighted by molar-refractivity contribution is 5.94. The van der Waals surface area contributed by atoms with Crippen molar-refractivity contribution in [1.82, 2.24) is 25.3 Å². The fourth-order valence-electron chi connectivity index (χ4n) is 5.45. The van der Waals surface area contributed by atoms with Crippen LogP contribution in [0.25, 0.3) is 0 Å². The highest BCUT2D eigenvalue weighted by Crippen LogP contribution is 2.34. The predicted molar refractivity (Wildman–Crippen MR) is 154 cm³/mol. The Morgan fingerprint density at radius 1 is 1.16 bits per heavy atom. The maximum atomic E-state index is 14.2. The molecule has 14 heteroatoms. The number of fused-ring (bicyclic) bond motifs is 2. The van der Waals surface area contributed by atoms with Gasteiger partial charge in [0.05, 0.1) is 24.7 Å². The van der Waals surface area contributed by atoms with Gasteiger partial charge in [-0.05, 0) is 53.0 Å². The minimum atomic E-state index is -4.62. The number of hydrogen-bond acceptors (Lipinski definition) is 7. The number of hydrogen-bond donors (Lipinski definition) is 2. The Kier molecular flexibility index (Phi) is 7.73. The molecule has 2 fully saturated rings. The molecule has 3 heterocycles. The van der Waals surface area contributed by atoms with E-state index in [0.717, 1.165) is 9.80 Å². The molecule has 5 atom stereocenters. The van der Waals surface area contributed by atoms with Crippen molar-refractivity contribution in [2.75, 3.05) is 33.3 Å². The van der Waals surface area contributed by atoms with Crippen LogP contribution >= 0.6 is 0 Å². The van der Waals surface area contributed by atoms with Crippen LogP contribution in [0, 0.1) is 0 Å². The summed E-state index contributed by atoms with van der Waals surface area (Å²) in [5.41, 5.74) is -1.19. The number of rotatable bonds is 6. The quantitative estimate of drug-likeness (QED) is 0.496. The Labute approximate surface area is 263 Å². The van der Waals surface area contributed by atoms with E-state index < -0.39 is 116 Å². The van der Waals surface area contributed by atoms with Gasteiger partial charge in [-0.3, -0.25) is 24.2 Å². The van der Waals surface area contributed by atoms with Crippen LogP contribution in [0.2, 0.25) is 0 Å². The van der Waals surface area contributed by atoms with Gasteiger partial charge in [0.15, 0.2) is 0 Å². The molecule has 244 valence electrons. The number of amides is 4. The number of carbonyl (C=O) groups excluding carboxylic acids is 4. The molecule has 3 aliphatic rings. The Bertz CT molecular complexity index is 1530. The molecule has 0 aromatic heterocycles. The first-order chi connectivity index (χ1) is 22.9. The van der Waals surface area contributed by atoms with Gasteiger partial charge < -0.3 is 25.0 Å². The molecule has 11 nitrogen and oxygen atoms in total. The molecule has 0 radical (unpaired) electrons. The third kappa shape index (κ3) is 8.13. The molecule has 2 saturated heterocycles. The second-order valence-corrected chi connectivity index (χ2v) is 12.1. The first-order valence-corrected chi connectivity index (χ1v) is 14.3. The van der Waals surface area contributed by atoms with E-state index in [1.54, 1.807) is 20.8 Å². The summed E-state index contributed by atoms with van der Waals surface area (Å²) in [6.07, 6.45) is -7.49. The first kappa shape index (κ1) is 25.7. The van der Waals surface area contributed by atoms with Gasteiger partial charge in [0.2, 0.25) is 17.7 Å². The summed E-state index contributed by atoms with van der Waals surface area (Å²) >= 11 is 0. The molecule has 0 saturated carbocycles. The van der Waals surface area contributed by atoms with Gasteiger partial charge in [-0.15, -0.1) is 0 Å². The van der Waals surface area contributed by atoms with E-state index in [4.69, 9.17) is 17.7 Å². The minimum absolute atomic E-state index is 0.0474. The molecule has 1 aromatic carbocycles. The van der Waals surface area contributed by atoms with Crippen LogP contribution < -0.4 is 15.4 Å². The van der Waals surface area contributed by atoms with E-state index in [9.17, 15) is 32.3 Å². The van der Waals surface area contributed by atoms with Crippen LogP contribution in [-0.4, -0.2) is 108 Å². The maximum absolute atomic E-state index is 14.2. The lowest BCUT2D eigenvalue weighted by molar-refractivity contribution is -0.155. The van der Waals surface area contributed by atoms with Gasteiger partial charge in [-0.1, -0.05) is 18.1 Å². The van der Waals surface area contributed by atoms with Crippen LogP contribution in [0.3, 0.4) is 0 Å². The highest BCUT2D eigenvalue weighted by Gasteiger charge is 2.46. The number of nitrogens with one attached hydrogen (secondary N) is 2. The summed E-state index contributed by atoms with van der Waals surface area (Å²) in [5, 5.41) is 5.01. The van der Waals surface area contributed by atoms with Crippen LogP contribution in [-0.2, 0) is 19.1 Å². The lowest BCUT2D eigenvalue weighted by Crippen LogP contribution is -2.62. The molecular formula is C30H42F3N5O6. The largest absolute Gasteiger partial charge is 0.493 e. The molecule has 1 aromatic rings. The average Bonchev–Trinajstić information content (AvgIpc) is 3.42. The molecule has 44 heavy (non-hydrogen) atoms. The zero-order valence-corrected chi connectivity index (χ0v) is 25.3. The van der Waals surface area contributed by atoms with Crippen molar-refractivity contribution in [2.24, 2.45) is 0 Å². The molecule has 0 aliphatic carbocycles. The zero-order valence-electron chi connectivity index (χ0n) is 31.3. The fourth-order valence-corrected chi connectivity index (χ4v) is 5.45. The average molecular weight is 632 g/mol. The summed E-state index contributed by atoms with van der Waals surface area (Å²) in [6, 6.07) is -8.79. The summed E-state index contributed by atoms with van der Waals surface area (Å²) in [4.78, 5) is 57.2. The van der Waals surface area contributed by atoms with E-state index in [-0.39, 0.29) is 37.1 Å². The second-order valence-electron chi connectivity index (χ2n) is 12.1. The van der Waals surface area contributed by atoms with E-state index in [2.05, 4.69) is 10.6 Å². The fraction of sp³-hybridized carbons (Fsp3) is 0.667. The molecular weight excluding hydrogens is 583 g/mol. The van der Waals surface area contributed by atoms with Crippen LogP contribution in [0.15, 0.2) is 24.2 Å². The van der Waals surface area contributed by atoms with Crippen molar-refractivity contribution < 1.29 is 50.0 Å². The number of alkyl halides is 3. The standard InChI is InChI=1S/C30H42F3N5O6/c1-18(36(5)28(42)44-29(2,3)4)25(39)35-22-16-37(17-30(31,32)33)14-12-19-10-11-23(38(19)27(22)41)26(40)34-21-13-15-43-24-9-7-6-8-20(21)24/h6-9,18-19,21-23H,10-17H2,1-5H3,(H,34,40)(H,35,39)/t18-,19+,21+,22-,23-/m0/s1/i6D,7D,8D,9D,13D2. The number of ether oxygens (including phenoxy) is 2. The number of carbonyl (C=O) groups is 4. The van der Waals surface area contributed by atoms with E-state index in [0.29, 0.717) is 0 Å². The summed E-state index contributed by atoms with van der Waals surface area (Å²) < 4.78 is 101. The zero-order chi connectivity index (χ0) is 37.7. The number of benzene rings is 1. The molecule has 0 bridgehead atoms. The third-order valence-corrected chi connectivity index (χ3v) is 7.70. The van der Waals surface area contributed by atoms with Crippen molar-refractivity contribution in [3.05, 3.63) is 29.7 Å². The normalized spacial score (nSPS) is 28.1. The van der Waals surface area contributed by atoms with Gasteiger partial charge in [-0.2, -0.15) is 13.2 Å². The number of likely N-dealkylation sites (N-methyl/N-ethyl adjacent to an activating group) is 1. The molecule has 0 spiro atoms. The summed E-state index contributed by atoms with van der Waals surface area (Å²) in [6.45, 7) is 3.52. The number of halogens is 3. The Hall–Kier alpha value is -3.55. The highest BCUT2D eigenvalue weighted by atomic mass is 19.4. The molecule has 0 unspecified atom stereocenters. The Morgan fingerprint density at radius 3 is 2.55 bits per heavy atom. The summed E-state index contributed by atoms with van der Waals surface area (Å²) in [7, 11) is 1.29. The lowest BCUT2D eigenvalue weighted by Gasteiger charge is -2.39. The van der Waals surface area contributed by atoms with Crippen LogP contribution in [0.1, 0.15) is 73.2 Å². The van der Waals surface area contributed by atoms with Gasteiger partial charge in [0, 0.05) is 40.9 Å². The van der Waals surface area contributed by atoms with Crippen molar-refractivity contribution in [1.29, 1.82) is 0 Å².